The smallest absolute Gasteiger partial charge is 0.164 e. The van der Waals surface area contributed by atoms with Gasteiger partial charge in [-0.15, -0.1) is 0 Å². The maximum atomic E-state index is 6.47. The summed E-state index contributed by atoms with van der Waals surface area (Å²) in [5.74, 6) is 2.69. The number of hydrogen-bond donors (Lipinski definition) is 0. The molecule has 0 unspecified atom stereocenters. The fourth-order valence-corrected chi connectivity index (χ4v) is 4.34. The van der Waals surface area contributed by atoms with Crippen LogP contribution in [0.5, 0.6) is 5.75 Å². The third-order valence-corrected chi connectivity index (χ3v) is 5.91. The number of nitrogens with zero attached hydrogens (tertiary/aromatic N) is 5. The number of rotatable bonds is 6. The normalized spacial score (nSPS) is 15.1. The number of ether oxygens (including phenoxy) is 2. The second-order valence-corrected chi connectivity index (χ2v) is 7.96. The van der Waals surface area contributed by atoms with Gasteiger partial charge in [-0.2, -0.15) is 0 Å². The third-order valence-electron chi connectivity index (χ3n) is 5.91. The van der Waals surface area contributed by atoms with Crippen LogP contribution in [0.4, 0.5) is 5.82 Å². The van der Waals surface area contributed by atoms with Crippen LogP contribution in [-0.2, 0) is 11.3 Å². The molecule has 0 aliphatic carbocycles. The molecule has 0 radical (unpaired) electrons. The quantitative estimate of drug-likeness (QED) is 0.473. The van der Waals surface area contributed by atoms with Gasteiger partial charge in [0.1, 0.15) is 23.5 Å². The Balaban J connectivity index is 1.30. The molecule has 31 heavy (non-hydrogen) atoms. The zero-order chi connectivity index (χ0) is 21.2. The molecule has 1 aromatic carbocycles. The molecule has 3 aromatic heterocycles. The first kappa shape index (κ1) is 19.8. The highest BCUT2D eigenvalue weighted by molar-refractivity contribution is 5.87. The highest BCUT2D eigenvalue weighted by atomic mass is 16.5. The van der Waals surface area contributed by atoms with Crippen LogP contribution in [-0.4, -0.2) is 52.4 Å². The number of fused-ring (bicyclic) bond motifs is 2. The summed E-state index contributed by atoms with van der Waals surface area (Å²) in [5, 5.41) is 2.17. The molecule has 160 valence electrons. The van der Waals surface area contributed by atoms with Crippen LogP contribution in [0.25, 0.3) is 21.9 Å². The number of benzene rings is 1. The van der Waals surface area contributed by atoms with Gasteiger partial charge in [-0.1, -0.05) is 6.07 Å². The minimum atomic E-state index is 0.191. The lowest BCUT2D eigenvalue weighted by Gasteiger charge is -2.33. The molecule has 1 fully saturated rings. The Bertz CT molecular complexity index is 1200. The molecule has 1 aliphatic heterocycles. The lowest BCUT2D eigenvalue weighted by Crippen LogP contribution is -2.39. The fraction of sp³-hybridized carbons (Fsp3) is 0.375. The lowest BCUT2D eigenvalue weighted by atomic mass is 10.1. The SMILES string of the molecule is COCCn1ccc2c(OC3CCN(c4nc(C)nc5ncccc45)CC3)cccc21. The molecule has 0 saturated carbocycles. The van der Waals surface area contributed by atoms with Crippen molar-refractivity contribution in [1.29, 1.82) is 0 Å². The van der Waals surface area contributed by atoms with Crippen LogP contribution in [0.2, 0.25) is 0 Å². The van der Waals surface area contributed by atoms with Crippen molar-refractivity contribution in [3.05, 3.63) is 54.6 Å². The van der Waals surface area contributed by atoms with Gasteiger partial charge >= 0.3 is 0 Å². The largest absolute Gasteiger partial charge is 0.490 e. The number of methoxy groups -OCH3 is 1. The van der Waals surface area contributed by atoms with Crippen molar-refractivity contribution in [2.75, 3.05) is 31.7 Å². The van der Waals surface area contributed by atoms with Gasteiger partial charge in [0, 0.05) is 57.4 Å². The molecule has 5 rings (SSSR count). The van der Waals surface area contributed by atoms with Crippen molar-refractivity contribution in [3.63, 3.8) is 0 Å². The number of anilines is 1. The monoisotopic (exact) mass is 417 g/mol. The van der Waals surface area contributed by atoms with Crippen LogP contribution < -0.4 is 9.64 Å². The molecular weight excluding hydrogens is 390 g/mol. The Hall–Kier alpha value is -3.19. The molecule has 4 heterocycles. The number of pyridine rings is 1. The second kappa shape index (κ2) is 8.51. The lowest BCUT2D eigenvalue weighted by molar-refractivity contribution is 0.173. The standard InChI is InChI=1S/C24H27N5O2/c1-17-26-23-20(5-4-11-25-23)24(27-17)29-12-8-18(9-13-29)31-22-7-3-6-21-19(22)10-14-28(21)15-16-30-2/h3-7,10-11,14,18H,8-9,12-13,15-16H2,1-2H3. The number of hydrogen-bond acceptors (Lipinski definition) is 6. The minimum Gasteiger partial charge on any atom is -0.490 e. The van der Waals surface area contributed by atoms with E-state index in [0.717, 1.165) is 66.3 Å². The van der Waals surface area contributed by atoms with E-state index in [1.807, 2.05) is 13.0 Å². The molecule has 0 atom stereocenters. The fourth-order valence-electron chi connectivity index (χ4n) is 4.34. The van der Waals surface area contributed by atoms with Crippen LogP contribution >= 0.6 is 0 Å². The average molecular weight is 418 g/mol. The summed E-state index contributed by atoms with van der Waals surface area (Å²) in [7, 11) is 1.73. The van der Waals surface area contributed by atoms with E-state index in [2.05, 4.69) is 56.0 Å². The summed E-state index contributed by atoms with van der Waals surface area (Å²) >= 11 is 0. The van der Waals surface area contributed by atoms with E-state index >= 15 is 0 Å². The summed E-state index contributed by atoms with van der Waals surface area (Å²) in [5.41, 5.74) is 1.94. The van der Waals surface area contributed by atoms with E-state index in [1.54, 1.807) is 13.3 Å². The summed E-state index contributed by atoms with van der Waals surface area (Å²) in [6.07, 6.45) is 5.98. The number of aromatic nitrogens is 4. The molecular formula is C24H27N5O2. The van der Waals surface area contributed by atoms with E-state index in [-0.39, 0.29) is 6.10 Å². The van der Waals surface area contributed by atoms with Gasteiger partial charge in [0.15, 0.2) is 5.65 Å². The van der Waals surface area contributed by atoms with Crippen LogP contribution in [0.3, 0.4) is 0 Å². The Morgan fingerprint density at radius 3 is 2.74 bits per heavy atom. The highest BCUT2D eigenvalue weighted by Crippen LogP contribution is 2.31. The van der Waals surface area contributed by atoms with Crippen molar-refractivity contribution >= 4 is 27.8 Å². The van der Waals surface area contributed by atoms with Crippen LogP contribution in [0, 0.1) is 6.92 Å². The van der Waals surface area contributed by atoms with E-state index < -0.39 is 0 Å². The highest BCUT2D eigenvalue weighted by Gasteiger charge is 2.24. The second-order valence-electron chi connectivity index (χ2n) is 7.96. The predicted molar refractivity (Wildman–Crippen MR) is 122 cm³/mol. The summed E-state index contributed by atoms with van der Waals surface area (Å²) < 4.78 is 13.9. The zero-order valence-corrected chi connectivity index (χ0v) is 18.0. The molecule has 7 heteroatoms. The van der Waals surface area contributed by atoms with Gasteiger partial charge in [0.25, 0.3) is 0 Å². The van der Waals surface area contributed by atoms with E-state index in [4.69, 9.17) is 14.5 Å². The van der Waals surface area contributed by atoms with Gasteiger partial charge in [-0.3, -0.25) is 0 Å². The van der Waals surface area contributed by atoms with Gasteiger partial charge in [-0.05, 0) is 37.3 Å². The molecule has 4 aromatic rings. The molecule has 0 spiro atoms. The molecule has 0 amide bonds. The van der Waals surface area contributed by atoms with Crippen molar-refractivity contribution in [1.82, 2.24) is 19.5 Å². The number of aryl methyl sites for hydroxylation is 1. The first-order valence-electron chi connectivity index (χ1n) is 10.8. The Morgan fingerprint density at radius 2 is 1.90 bits per heavy atom. The van der Waals surface area contributed by atoms with Crippen molar-refractivity contribution in [3.8, 4) is 5.75 Å². The van der Waals surface area contributed by atoms with Gasteiger partial charge in [0.05, 0.1) is 17.5 Å². The molecule has 0 N–H and O–H groups in total. The minimum absolute atomic E-state index is 0.191. The third kappa shape index (κ3) is 3.93. The molecule has 1 aliphatic rings. The Morgan fingerprint density at radius 1 is 1.03 bits per heavy atom. The van der Waals surface area contributed by atoms with Crippen LogP contribution in [0.1, 0.15) is 18.7 Å². The first-order chi connectivity index (χ1) is 15.2. The topological polar surface area (TPSA) is 65.3 Å². The van der Waals surface area contributed by atoms with Crippen molar-refractivity contribution in [2.45, 2.75) is 32.4 Å². The average Bonchev–Trinajstić information content (AvgIpc) is 3.22. The van der Waals surface area contributed by atoms with Gasteiger partial charge in [-0.25, -0.2) is 15.0 Å². The molecule has 7 nitrogen and oxygen atoms in total. The van der Waals surface area contributed by atoms with E-state index in [1.165, 1.54) is 5.52 Å². The van der Waals surface area contributed by atoms with Crippen LogP contribution in [0.15, 0.2) is 48.8 Å². The summed E-state index contributed by atoms with van der Waals surface area (Å²) in [6, 6.07) is 12.4. The van der Waals surface area contributed by atoms with E-state index in [9.17, 15) is 0 Å². The summed E-state index contributed by atoms with van der Waals surface area (Å²) in [6.45, 7) is 5.25. The zero-order valence-electron chi connectivity index (χ0n) is 18.0. The van der Waals surface area contributed by atoms with Crippen molar-refractivity contribution < 1.29 is 9.47 Å². The Kier molecular flexibility index (Phi) is 5.42. The summed E-state index contributed by atoms with van der Waals surface area (Å²) in [4.78, 5) is 15.9. The first-order valence-corrected chi connectivity index (χ1v) is 10.8. The number of piperidine rings is 1. The molecule has 1 saturated heterocycles. The van der Waals surface area contributed by atoms with Gasteiger partial charge < -0.3 is 18.9 Å². The van der Waals surface area contributed by atoms with E-state index in [0.29, 0.717) is 6.61 Å². The maximum Gasteiger partial charge on any atom is 0.164 e. The van der Waals surface area contributed by atoms with Crippen molar-refractivity contribution in [2.24, 2.45) is 0 Å². The maximum absolute atomic E-state index is 6.47. The molecule has 0 bridgehead atoms. The Labute approximate surface area is 181 Å². The van der Waals surface area contributed by atoms with Gasteiger partial charge in [0.2, 0.25) is 0 Å². The predicted octanol–water partition coefficient (Wildman–Crippen LogP) is 3.98.